The van der Waals surface area contributed by atoms with E-state index in [-0.39, 0.29) is 0 Å². The highest BCUT2D eigenvalue weighted by molar-refractivity contribution is 5.69. The number of ether oxygens (including phenoxy) is 3. The highest BCUT2D eigenvalue weighted by atomic mass is 16.8. The molecule has 6 nitrogen and oxygen atoms in total. The van der Waals surface area contributed by atoms with Crippen molar-refractivity contribution in [3.8, 4) is 0 Å². The van der Waals surface area contributed by atoms with E-state index < -0.39 is 41.8 Å². The number of fused-ring (bicyclic) bond motifs is 1. The number of hydrogen-bond acceptors (Lipinski definition) is 5. The van der Waals surface area contributed by atoms with Crippen molar-refractivity contribution in [3.05, 3.63) is 12.2 Å². The maximum absolute atomic E-state index is 11.8. The molecule has 114 valence electrons. The fraction of sp³-hybridized carbons (Fsp3) is 0.786. The van der Waals surface area contributed by atoms with Gasteiger partial charge < -0.3 is 24.6 Å². The van der Waals surface area contributed by atoms with Crippen LogP contribution in [0.1, 0.15) is 34.6 Å². The second-order valence-corrected chi connectivity index (χ2v) is 6.71. The summed E-state index contributed by atoms with van der Waals surface area (Å²) in [4.78, 5) is 11.8. The Morgan fingerprint density at radius 1 is 1.40 bits per heavy atom. The second-order valence-electron chi connectivity index (χ2n) is 6.71. The molecule has 2 aliphatic rings. The predicted octanol–water partition coefficient (Wildman–Crippen LogP) is 1.33. The quantitative estimate of drug-likeness (QED) is 0.711. The summed E-state index contributed by atoms with van der Waals surface area (Å²) in [6, 6.07) is -0.629. The molecule has 2 rings (SSSR count). The number of aliphatic hydroxyl groups is 1. The van der Waals surface area contributed by atoms with Crippen LogP contribution in [0.3, 0.4) is 0 Å². The van der Waals surface area contributed by atoms with E-state index >= 15 is 0 Å². The van der Waals surface area contributed by atoms with Crippen LogP contribution >= 0.6 is 0 Å². The van der Waals surface area contributed by atoms with E-state index in [2.05, 4.69) is 11.9 Å². The van der Waals surface area contributed by atoms with Crippen LogP contribution in [-0.2, 0) is 14.2 Å². The van der Waals surface area contributed by atoms with Crippen LogP contribution in [0.5, 0.6) is 0 Å². The van der Waals surface area contributed by atoms with Gasteiger partial charge in [-0.3, -0.25) is 0 Å². The number of aliphatic hydroxyl groups excluding tert-OH is 1. The molecule has 1 aliphatic heterocycles. The smallest absolute Gasteiger partial charge is 0.408 e. The Hall–Kier alpha value is -1.11. The minimum Gasteiger partial charge on any atom is -0.444 e. The van der Waals surface area contributed by atoms with Crippen LogP contribution in [0.4, 0.5) is 4.79 Å². The van der Waals surface area contributed by atoms with Crippen LogP contribution in [-0.4, -0.2) is 46.9 Å². The summed E-state index contributed by atoms with van der Waals surface area (Å²) >= 11 is 0. The zero-order valence-electron chi connectivity index (χ0n) is 12.6. The molecule has 2 N–H and O–H groups in total. The van der Waals surface area contributed by atoms with Crippen molar-refractivity contribution < 1.29 is 24.1 Å². The van der Waals surface area contributed by atoms with Gasteiger partial charge in [0.1, 0.15) is 23.9 Å². The van der Waals surface area contributed by atoms with Crippen LogP contribution < -0.4 is 5.32 Å². The van der Waals surface area contributed by atoms with E-state index in [0.29, 0.717) is 5.57 Å². The lowest BCUT2D eigenvalue weighted by molar-refractivity contribution is -0.159. The summed E-state index contributed by atoms with van der Waals surface area (Å²) in [5, 5.41) is 12.9. The average molecular weight is 285 g/mol. The first-order valence-corrected chi connectivity index (χ1v) is 6.72. The molecule has 0 aromatic carbocycles. The first-order valence-electron chi connectivity index (χ1n) is 6.72. The molecule has 2 fully saturated rings. The summed E-state index contributed by atoms with van der Waals surface area (Å²) in [6.45, 7) is 12.8. The molecular formula is C14H23NO5. The van der Waals surface area contributed by atoms with Crippen LogP contribution in [0.2, 0.25) is 0 Å². The Morgan fingerprint density at radius 3 is 2.50 bits per heavy atom. The first-order chi connectivity index (χ1) is 9.00. The number of amides is 1. The summed E-state index contributed by atoms with van der Waals surface area (Å²) in [5.74, 6) is -0.754. The van der Waals surface area contributed by atoms with Gasteiger partial charge in [-0.25, -0.2) is 4.79 Å². The predicted molar refractivity (Wildman–Crippen MR) is 72.1 cm³/mol. The molecule has 1 aliphatic carbocycles. The molecule has 1 amide bonds. The molecule has 0 bridgehead atoms. The normalized spacial score (nSPS) is 35.8. The molecule has 0 unspecified atom stereocenters. The average Bonchev–Trinajstić information content (AvgIpc) is 2.66. The lowest BCUT2D eigenvalue weighted by atomic mass is 10.1. The van der Waals surface area contributed by atoms with Gasteiger partial charge in [-0.15, -0.1) is 0 Å². The molecule has 0 spiro atoms. The molecule has 6 heteroatoms. The minimum absolute atomic E-state index is 0.417. The van der Waals surface area contributed by atoms with Crippen molar-refractivity contribution in [2.45, 2.75) is 70.4 Å². The number of alkyl carbamates (subject to hydrolysis) is 1. The van der Waals surface area contributed by atoms with E-state index in [9.17, 15) is 9.90 Å². The van der Waals surface area contributed by atoms with E-state index in [4.69, 9.17) is 14.2 Å². The molecular weight excluding hydrogens is 262 g/mol. The Balaban J connectivity index is 2.02. The van der Waals surface area contributed by atoms with Gasteiger partial charge in [-0.05, 0) is 40.2 Å². The molecule has 0 aromatic rings. The Morgan fingerprint density at radius 2 is 2.00 bits per heavy atom. The standard InChI is InChI=1S/C14H23NO5/c1-7-8(15-12(17)20-13(2,3)4)9(16)11-10(7)18-14(5,6)19-11/h8-11,16H,1H2,2-6H3,(H,15,17)/t8-,9+,10+,11-/m1/s1. The van der Waals surface area contributed by atoms with Gasteiger partial charge in [0.15, 0.2) is 5.79 Å². The molecule has 20 heavy (non-hydrogen) atoms. The number of carbonyl (C=O) groups is 1. The van der Waals surface area contributed by atoms with Gasteiger partial charge in [-0.2, -0.15) is 0 Å². The molecule has 0 aromatic heterocycles. The van der Waals surface area contributed by atoms with Gasteiger partial charge in [0.05, 0.1) is 6.04 Å². The summed E-state index contributed by atoms with van der Waals surface area (Å²) < 4.78 is 16.5. The van der Waals surface area contributed by atoms with Gasteiger partial charge in [0.25, 0.3) is 0 Å². The zero-order chi connectivity index (χ0) is 15.3. The zero-order valence-corrected chi connectivity index (χ0v) is 12.6. The van der Waals surface area contributed by atoms with E-state index in [1.165, 1.54) is 0 Å². The molecule has 1 saturated heterocycles. The van der Waals surface area contributed by atoms with Crippen LogP contribution in [0.25, 0.3) is 0 Å². The Labute approximate surface area is 119 Å². The molecule has 1 heterocycles. The summed E-state index contributed by atoms with van der Waals surface area (Å²) in [7, 11) is 0. The highest BCUT2D eigenvalue weighted by Gasteiger charge is 2.55. The third-order valence-electron chi connectivity index (χ3n) is 3.24. The minimum atomic E-state index is -0.901. The molecule has 1 saturated carbocycles. The van der Waals surface area contributed by atoms with Crippen molar-refractivity contribution >= 4 is 6.09 Å². The van der Waals surface area contributed by atoms with Crippen molar-refractivity contribution in [1.82, 2.24) is 5.32 Å². The van der Waals surface area contributed by atoms with Crippen LogP contribution in [0, 0.1) is 0 Å². The maximum atomic E-state index is 11.8. The Kier molecular flexibility index (Phi) is 3.60. The lowest BCUT2D eigenvalue weighted by Gasteiger charge is -2.26. The van der Waals surface area contributed by atoms with E-state index in [1.807, 2.05) is 0 Å². The number of carbonyl (C=O) groups excluding carboxylic acids is 1. The maximum Gasteiger partial charge on any atom is 0.408 e. The fourth-order valence-electron chi connectivity index (χ4n) is 2.52. The second kappa shape index (κ2) is 4.72. The number of rotatable bonds is 1. The van der Waals surface area contributed by atoms with Gasteiger partial charge in [0.2, 0.25) is 0 Å². The topological polar surface area (TPSA) is 77.0 Å². The molecule has 4 atom stereocenters. The van der Waals surface area contributed by atoms with Crippen molar-refractivity contribution in [3.63, 3.8) is 0 Å². The fourth-order valence-corrected chi connectivity index (χ4v) is 2.52. The SMILES string of the molecule is C=C1[C@@H](NC(=O)OC(C)(C)C)[C@H](O)[C@H]2OC(C)(C)O[C@@H]12. The van der Waals surface area contributed by atoms with Crippen molar-refractivity contribution in [2.75, 3.05) is 0 Å². The van der Waals surface area contributed by atoms with Gasteiger partial charge in [-0.1, -0.05) is 6.58 Å². The largest absolute Gasteiger partial charge is 0.444 e. The van der Waals surface area contributed by atoms with E-state index in [1.54, 1.807) is 34.6 Å². The van der Waals surface area contributed by atoms with Crippen molar-refractivity contribution in [2.24, 2.45) is 0 Å². The Bertz CT molecular complexity index is 426. The first kappa shape index (κ1) is 15.3. The van der Waals surface area contributed by atoms with E-state index in [0.717, 1.165) is 0 Å². The molecule has 0 radical (unpaired) electrons. The third kappa shape index (κ3) is 2.97. The van der Waals surface area contributed by atoms with Gasteiger partial charge >= 0.3 is 6.09 Å². The monoisotopic (exact) mass is 285 g/mol. The van der Waals surface area contributed by atoms with Crippen molar-refractivity contribution in [1.29, 1.82) is 0 Å². The lowest BCUT2D eigenvalue weighted by Crippen LogP contribution is -2.46. The number of hydrogen-bond donors (Lipinski definition) is 2. The van der Waals surface area contributed by atoms with Gasteiger partial charge in [0, 0.05) is 0 Å². The van der Waals surface area contributed by atoms with Crippen LogP contribution in [0.15, 0.2) is 12.2 Å². The summed E-state index contributed by atoms with van der Waals surface area (Å²) in [6.07, 6.45) is -2.43. The summed E-state index contributed by atoms with van der Waals surface area (Å²) in [5.41, 5.74) is -0.00115. The third-order valence-corrected chi connectivity index (χ3v) is 3.24. The number of nitrogens with one attached hydrogen (secondary N) is 1. The highest BCUT2D eigenvalue weighted by Crippen LogP contribution is 2.40.